The zero-order valence-electron chi connectivity index (χ0n) is 17.9. The van der Waals surface area contributed by atoms with Crippen LogP contribution in [0.2, 0.25) is 0 Å². The van der Waals surface area contributed by atoms with Gasteiger partial charge in [-0.05, 0) is 42.5 Å². The molecule has 0 aromatic heterocycles. The number of aliphatic hydroxyl groups excluding tert-OH is 1. The highest BCUT2D eigenvalue weighted by Gasteiger charge is 2.32. The number of β-amino-alcohol motifs (C(OH)–C–C–N with tert-alkyl or cyclic N) is 1. The Kier molecular flexibility index (Phi) is 7.24. The summed E-state index contributed by atoms with van der Waals surface area (Å²) in [5.74, 6) is -0.383. The second-order valence-corrected chi connectivity index (χ2v) is 8.21. The number of carbonyl (C=O) groups is 2. The molecule has 3 atom stereocenters. The maximum atomic E-state index is 13.3. The van der Waals surface area contributed by atoms with Crippen molar-refractivity contribution in [3.8, 4) is 0 Å². The van der Waals surface area contributed by atoms with Gasteiger partial charge in [0, 0.05) is 26.6 Å². The first kappa shape index (κ1) is 22.0. The predicted molar refractivity (Wildman–Crippen MR) is 117 cm³/mol. The summed E-state index contributed by atoms with van der Waals surface area (Å²) >= 11 is 0. The maximum Gasteiger partial charge on any atom is 0.245 e. The number of aryl methyl sites for hydroxylation is 2. The lowest BCUT2D eigenvalue weighted by Gasteiger charge is -2.26. The van der Waals surface area contributed by atoms with Crippen LogP contribution >= 0.6 is 0 Å². The Balaban J connectivity index is 1.75. The smallest absolute Gasteiger partial charge is 0.245 e. The fourth-order valence-electron chi connectivity index (χ4n) is 3.76. The third-order valence-electron chi connectivity index (χ3n) is 5.69. The van der Waals surface area contributed by atoms with Crippen LogP contribution in [0.1, 0.15) is 28.7 Å². The number of hydrogen-bond acceptors (Lipinski definition) is 4. The summed E-state index contributed by atoms with van der Waals surface area (Å²) in [4.78, 5) is 27.7. The van der Waals surface area contributed by atoms with Crippen LogP contribution in [-0.2, 0) is 22.6 Å². The maximum absolute atomic E-state index is 13.3. The average Bonchev–Trinajstić information content (AvgIpc) is 3.17. The minimum absolute atomic E-state index is 0.135. The number of aliphatic hydroxyl groups is 1. The van der Waals surface area contributed by atoms with Gasteiger partial charge in [-0.2, -0.15) is 0 Å². The molecule has 6 heteroatoms. The molecular formula is C24H31N3O3. The minimum atomic E-state index is -0.673. The standard InChI is InChI=1S/C24H31N3O3/c1-16-9-10-19(11-17(16)2)12-22(26-23(29)21-13-20(28)14-25-21)24(30)27(3)15-18-7-5-4-6-8-18/h4-11,20-22,25,28H,12-15H2,1-3H3,(H,26,29)/t20-,21+,22+/m1/s1. The number of nitrogens with zero attached hydrogens (tertiary/aromatic N) is 1. The molecule has 30 heavy (non-hydrogen) atoms. The van der Waals surface area contributed by atoms with E-state index in [1.807, 2.05) is 56.3 Å². The van der Waals surface area contributed by atoms with Gasteiger partial charge < -0.3 is 20.6 Å². The van der Waals surface area contributed by atoms with Gasteiger partial charge in [0.2, 0.25) is 11.8 Å². The van der Waals surface area contributed by atoms with E-state index in [1.54, 1.807) is 11.9 Å². The van der Waals surface area contributed by atoms with Crippen molar-refractivity contribution in [3.63, 3.8) is 0 Å². The third-order valence-corrected chi connectivity index (χ3v) is 5.69. The van der Waals surface area contributed by atoms with Gasteiger partial charge in [-0.15, -0.1) is 0 Å². The van der Waals surface area contributed by atoms with E-state index in [-0.39, 0.29) is 11.8 Å². The SMILES string of the molecule is Cc1ccc(C[C@H](NC(=O)[C@@H]2C[C@@H](O)CN2)C(=O)N(C)Cc2ccccc2)cc1C. The molecule has 0 spiro atoms. The fraction of sp³-hybridized carbons (Fsp3) is 0.417. The first-order chi connectivity index (χ1) is 14.3. The van der Waals surface area contributed by atoms with Crippen molar-refractivity contribution in [1.29, 1.82) is 0 Å². The van der Waals surface area contributed by atoms with Gasteiger partial charge in [0.15, 0.2) is 0 Å². The Labute approximate surface area is 178 Å². The van der Waals surface area contributed by atoms with Gasteiger partial charge in [0.05, 0.1) is 12.1 Å². The Morgan fingerprint density at radius 3 is 2.50 bits per heavy atom. The molecule has 6 nitrogen and oxygen atoms in total. The first-order valence-corrected chi connectivity index (χ1v) is 10.4. The van der Waals surface area contributed by atoms with E-state index in [4.69, 9.17) is 0 Å². The minimum Gasteiger partial charge on any atom is -0.392 e. The van der Waals surface area contributed by atoms with Crippen LogP contribution in [-0.4, -0.2) is 53.6 Å². The van der Waals surface area contributed by atoms with E-state index in [1.165, 1.54) is 5.56 Å². The molecule has 1 saturated heterocycles. The monoisotopic (exact) mass is 409 g/mol. The van der Waals surface area contributed by atoms with Crippen LogP contribution in [0, 0.1) is 13.8 Å². The molecule has 0 aliphatic carbocycles. The van der Waals surface area contributed by atoms with Crippen molar-refractivity contribution in [2.24, 2.45) is 0 Å². The number of benzene rings is 2. The first-order valence-electron chi connectivity index (χ1n) is 10.4. The second-order valence-electron chi connectivity index (χ2n) is 8.21. The summed E-state index contributed by atoms with van der Waals surface area (Å²) < 4.78 is 0. The number of hydrogen-bond donors (Lipinski definition) is 3. The summed E-state index contributed by atoms with van der Waals surface area (Å²) in [6.07, 6.45) is 0.242. The molecule has 160 valence electrons. The molecule has 0 unspecified atom stereocenters. The van der Waals surface area contributed by atoms with E-state index in [2.05, 4.69) is 16.7 Å². The topological polar surface area (TPSA) is 81.7 Å². The van der Waals surface area contributed by atoms with E-state index >= 15 is 0 Å². The lowest BCUT2D eigenvalue weighted by Crippen LogP contribution is -2.52. The van der Waals surface area contributed by atoms with Crippen LogP contribution in [0.5, 0.6) is 0 Å². The van der Waals surface area contributed by atoms with Crippen molar-refractivity contribution in [1.82, 2.24) is 15.5 Å². The Hall–Kier alpha value is -2.70. The fourth-order valence-corrected chi connectivity index (χ4v) is 3.76. The molecule has 2 aromatic carbocycles. The molecule has 3 rings (SSSR count). The molecule has 0 saturated carbocycles. The van der Waals surface area contributed by atoms with Crippen molar-refractivity contribution < 1.29 is 14.7 Å². The quantitative estimate of drug-likeness (QED) is 0.650. The van der Waals surface area contributed by atoms with Gasteiger partial charge in [-0.1, -0.05) is 48.5 Å². The largest absolute Gasteiger partial charge is 0.392 e. The molecule has 0 bridgehead atoms. The van der Waals surface area contributed by atoms with E-state index in [0.717, 1.165) is 16.7 Å². The summed E-state index contributed by atoms with van der Waals surface area (Å²) in [6, 6.07) is 14.7. The van der Waals surface area contributed by atoms with Crippen molar-refractivity contribution >= 4 is 11.8 Å². The molecular weight excluding hydrogens is 378 g/mol. The van der Waals surface area contributed by atoms with Crippen LogP contribution in [0.25, 0.3) is 0 Å². The van der Waals surface area contributed by atoms with Gasteiger partial charge in [0.1, 0.15) is 6.04 Å². The van der Waals surface area contributed by atoms with Crippen molar-refractivity contribution in [2.45, 2.75) is 51.4 Å². The van der Waals surface area contributed by atoms with Gasteiger partial charge in [-0.3, -0.25) is 9.59 Å². The molecule has 1 aliphatic heterocycles. The van der Waals surface area contributed by atoms with Gasteiger partial charge in [-0.25, -0.2) is 0 Å². The summed E-state index contributed by atoms with van der Waals surface area (Å²) in [6.45, 7) is 4.95. The highest BCUT2D eigenvalue weighted by atomic mass is 16.3. The summed E-state index contributed by atoms with van der Waals surface area (Å²) in [5, 5.41) is 15.7. The Bertz CT molecular complexity index is 885. The molecule has 0 radical (unpaired) electrons. The van der Waals surface area contributed by atoms with Gasteiger partial charge in [0.25, 0.3) is 0 Å². The highest BCUT2D eigenvalue weighted by Crippen LogP contribution is 2.14. The zero-order chi connectivity index (χ0) is 21.7. The number of nitrogens with one attached hydrogen (secondary N) is 2. The molecule has 1 fully saturated rings. The number of amides is 2. The predicted octanol–water partition coefficient (Wildman–Crippen LogP) is 1.71. The highest BCUT2D eigenvalue weighted by molar-refractivity contribution is 5.90. The normalized spacial score (nSPS) is 19.3. The Morgan fingerprint density at radius 1 is 1.13 bits per heavy atom. The van der Waals surface area contributed by atoms with Crippen LogP contribution in [0.4, 0.5) is 0 Å². The third kappa shape index (κ3) is 5.68. The molecule has 1 aliphatic rings. The van der Waals surface area contributed by atoms with Crippen LogP contribution < -0.4 is 10.6 Å². The molecule has 2 aromatic rings. The molecule has 1 heterocycles. The lowest BCUT2D eigenvalue weighted by molar-refractivity contribution is -0.136. The number of carbonyl (C=O) groups excluding carboxylic acids is 2. The van der Waals surface area contributed by atoms with Crippen LogP contribution in [0.15, 0.2) is 48.5 Å². The lowest BCUT2D eigenvalue weighted by atomic mass is 9.99. The molecule has 3 N–H and O–H groups in total. The van der Waals surface area contributed by atoms with E-state index in [0.29, 0.717) is 25.9 Å². The van der Waals surface area contributed by atoms with Crippen molar-refractivity contribution in [3.05, 3.63) is 70.8 Å². The van der Waals surface area contributed by atoms with Crippen molar-refractivity contribution in [2.75, 3.05) is 13.6 Å². The van der Waals surface area contributed by atoms with Gasteiger partial charge >= 0.3 is 0 Å². The zero-order valence-corrected chi connectivity index (χ0v) is 17.9. The summed E-state index contributed by atoms with van der Waals surface area (Å²) in [5.41, 5.74) is 4.38. The molecule has 2 amide bonds. The van der Waals surface area contributed by atoms with Crippen LogP contribution in [0.3, 0.4) is 0 Å². The second kappa shape index (κ2) is 9.87. The van der Waals surface area contributed by atoms with E-state index in [9.17, 15) is 14.7 Å². The van der Waals surface area contributed by atoms with E-state index < -0.39 is 18.2 Å². The summed E-state index contributed by atoms with van der Waals surface area (Å²) in [7, 11) is 1.76. The Morgan fingerprint density at radius 2 is 1.87 bits per heavy atom. The number of rotatable bonds is 7. The number of likely N-dealkylation sites (N-methyl/N-ethyl adjacent to an activating group) is 1. The average molecular weight is 410 g/mol.